The van der Waals surface area contributed by atoms with Gasteiger partial charge in [0.2, 0.25) is 0 Å². The highest BCUT2D eigenvalue weighted by Crippen LogP contribution is 2.17. The maximum atomic E-state index is 11.8. The van der Waals surface area contributed by atoms with Gasteiger partial charge in [-0.3, -0.25) is 0 Å². The SMILES string of the molecule is Cc1ccc(N)c(C(=O)OCc2cccs2)c1. The lowest BCUT2D eigenvalue weighted by atomic mass is 10.1. The first kappa shape index (κ1) is 11.7. The van der Waals surface area contributed by atoms with Crippen molar-refractivity contribution < 1.29 is 9.53 Å². The number of esters is 1. The van der Waals surface area contributed by atoms with Crippen LogP contribution in [0, 0.1) is 6.92 Å². The van der Waals surface area contributed by atoms with Crippen LogP contribution in [0.3, 0.4) is 0 Å². The van der Waals surface area contributed by atoms with Crippen molar-refractivity contribution in [2.45, 2.75) is 13.5 Å². The summed E-state index contributed by atoms with van der Waals surface area (Å²) in [5.41, 5.74) is 7.61. The Balaban J connectivity index is 2.07. The van der Waals surface area contributed by atoms with Gasteiger partial charge in [-0.1, -0.05) is 17.7 Å². The van der Waals surface area contributed by atoms with Crippen molar-refractivity contribution in [1.82, 2.24) is 0 Å². The molecule has 1 aromatic carbocycles. The molecule has 1 aromatic heterocycles. The first-order valence-electron chi connectivity index (χ1n) is 5.22. The molecule has 88 valence electrons. The van der Waals surface area contributed by atoms with E-state index in [1.807, 2.05) is 30.5 Å². The molecule has 0 saturated heterocycles. The fourth-order valence-electron chi connectivity index (χ4n) is 1.46. The smallest absolute Gasteiger partial charge is 0.340 e. The van der Waals surface area contributed by atoms with Crippen LogP contribution >= 0.6 is 11.3 Å². The summed E-state index contributed by atoms with van der Waals surface area (Å²) in [6.07, 6.45) is 0. The van der Waals surface area contributed by atoms with Crippen molar-refractivity contribution in [1.29, 1.82) is 0 Å². The van der Waals surface area contributed by atoms with Crippen LogP contribution in [0.4, 0.5) is 5.69 Å². The Bertz CT molecular complexity index is 520. The Morgan fingerprint density at radius 1 is 1.41 bits per heavy atom. The van der Waals surface area contributed by atoms with Gasteiger partial charge in [0.1, 0.15) is 6.61 Å². The van der Waals surface area contributed by atoms with Crippen LogP contribution in [-0.4, -0.2) is 5.97 Å². The zero-order valence-corrected chi connectivity index (χ0v) is 10.3. The molecule has 0 saturated carbocycles. The van der Waals surface area contributed by atoms with Gasteiger partial charge >= 0.3 is 5.97 Å². The predicted molar refractivity (Wildman–Crippen MR) is 69.0 cm³/mol. The van der Waals surface area contributed by atoms with E-state index in [0.29, 0.717) is 17.9 Å². The van der Waals surface area contributed by atoms with Gasteiger partial charge in [0.15, 0.2) is 0 Å². The van der Waals surface area contributed by atoms with E-state index in [1.54, 1.807) is 23.5 Å². The van der Waals surface area contributed by atoms with E-state index >= 15 is 0 Å². The fraction of sp³-hybridized carbons (Fsp3) is 0.154. The summed E-state index contributed by atoms with van der Waals surface area (Å²) in [5, 5.41) is 1.95. The maximum absolute atomic E-state index is 11.8. The molecule has 0 aliphatic carbocycles. The van der Waals surface area contributed by atoms with Crippen LogP contribution < -0.4 is 5.73 Å². The van der Waals surface area contributed by atoms with E-state index in [1.165, 1.54) is 0 Å². The van der Waals surface area contributed by atoms with Gasteiger partial charge in [0, 0.05) is 10.6 Å². The van der Waals surface area contributed by atoms with Gasteiger partial charge in [0.05, 0.1) is 5.56 Å². The quantitative estimate of drug-likeness (QED) is 0.670. The van der Waals surface area contributed by atoms with E-state index in [4.69, 9.17) is 10.5 Å². The highest BCUT2D eigenvalue weighted by atomic mass is 32.1. The van der Waals surface area contributed by atoms with Gasteiger partial charge < -0.3 is 10.5 Å². The molecule has 4 heteroatoms. The van der Waals surface area contributed by atoms with E-state index in [2.05, 4.69) is 0 Å². The number of anilines is 1. The number of benzene rings is 1. The van der Waals surface area contributed by atoms with Crippen molar-refractivity contribution in [3.05, 3.63) is 51.7 Å². The topological polar surface area (TPSA) is 52.3 Å². The Labute approximate surface area is 104 Å². The zero-order chi connectivity index (χ0) is 12.3. The largest absolute Gasteiger partial charge is 0.456 e. The van der Waals surface area contributed by atoms with Crippen LogP contribution in [0.1, 0.15) is 20.8 Å². The number of carbonyl (C=O) groups excluding carboxylic acids is 1. The van der Waals surface area contributed by atoms with Crippen LogP contribution in [-0.2, 0) is 11.3 Å². The number of rotatable bonds is 3. The van der Waals surface area contributed by atoms with Crippen LogP contribution in [0.5, 0.6) is 0 Å². The summed E-state index contributed by atoms with van der Waals surface area (Å²) in [7, 11) is 0. The second kappa shape index (κ2) is 5.01. The van der Waals surface area contributed by atoms with Gasteiger partial charge in [-0.15, -0.1) is 11.3 Å². The molecule has 0 amide bonds. The van der Waals surface area contributed by atoms with Crippen molar-refractivity contribution in [3.63, 3.8) is 0 Å². The average molecular weight is 247 g/mol. The Kier molecular flexibility index (Phi) is 3.44. The Morgan fingerprint density at radius 3 is 2.94 bits per heavy atom. The summed E-state index contributed by atoms with van der Waals surface area (Å²) in [6, 6.07) is 9.18. The molecule has 0 fully saturated rings. The normalized spacial score (nSPS) is 10.2. The van der Waals surface area contributed by atoms with E-state index in [0.717, 1.165) is 10.4 Å². The van der Waals surface area contributed by atoms with Crippen LogP contribution in [0.25, 0.3) is 0 Å². The molecule has 2 rings (SSSR count). The predicted octanol–water partition coefficient (Wildman–Crippen LogP) is 3.00. The van der Waals surface area contributed by atoms with Crippen LogP contribution in [0.15, 0.2) is 35.7 Å². The molecule has 17 heavy (non-hydrogen) atoms. The number of ether oxygens (including phenoxy) is 1. The molecule has 2 N–H and O–H groups in total. The summed E-state index contributed by atoms with van der Waals surface area (Å²) < 4.78 is 5.20. The molecule has 0 aliphatic heterocycles. The number of carbonyl (C=O) groups is 1. The second-order valence-corrected chi connectivity index (χ2v) is 4.78. The third-order valence-corrected chi connectivity index (χ3v) is 3.20. The monoisotopic (exact) mass is 247 g/mol. The molecule has 0 atom stereocenters. The van der Waals surface area contributed by atoms with E-state index in [-0.39, 0.29) is 5.97 Å². The first-order chi connectivity index (χ1) is 8.16. The molecule has 0 unspecified atom stereocenters. The number of thiophene rings is 1. The van der Waals surface area contributed by atoms with Gasteiger partial charge in [0.25, 0.3) is 0 Å². The van der Waals surface area contributed by atoms with Crippen molar-refractivity contribution >= 4 is 23.0 Å². The minimum absolute atomic E-state index is 0.296. The molecule has 0 spiro atoms. The molecule has 2 aromatic rings. The molecule has 0 aliphatic rings. The van der Waals surface area contributed by atoms with Crippen molar-refractivity contribution in [2.75, 3.05) is 5.73 Å². The number of hydrogen-bond acceptors (Lipinski definition) is 4. The molecular formula is C13H13NO2S. The minimum Gasteiger partial charge on any atom is -0.456 e. The van der Waals surface area contributed by atoms with Crippen molar-refractivity contribution in [3.8, 4) is 0 Å². The molecule has 0 bridgehead atoms. The lowest BCUT2D eigenvalue weighted by Gasteiger charge is -2.06. The third kappa shape index (κ3) is 2.85. The lowest BCUT2D eigenvalue weighted by Crippen LogP contribution is -2.08. The van der Waals surface area contributed by atoms with Crippen LogP contribution in [0.2, 0.25) is 0 Å². The van der Waals surface area contributed by atoms with Gasteiger partial charge in [-0.25, -0.2) is 4.79 Å². The van der Waals surface area contributed by atoms with Gasteiger partial charge in [-0.05, 0) is 30.5 Å². The average Bonchev–Trinajstić information content (AvgIpc) is 2.82. The Hall–Kier alpha value is -1.81. The molecule has 1 heterocycles. The molecule has 0 radical (unpaired) electrons. The fourth-order valence-corrected chi connectivity index (χ4v) is 2.07. The highest BCUT2D eigenvalue weighted by Gasteiger charge is 2.11. The summed E-state index contributed by atoms with van der Waals surface area (Å²) >= 11 is 1.56. The Morgan fingerprint density at radius 2 is 2.24 bits per heavy atom. The number of aryl methyl sites for hydroxylation is 1. The third-order valence-electron chi connectivity index (χ3n) is 2.35. The van der Waals surface area contributed by atoms with Gasteiger partial charge in [-0.2, -0.15) is 0 Å². The summed E-state index contributed by atoms with van der Waals surface area (Å²) in [5.74, 6) is -0.375. The lowest BCUT2D eigenvalue weighted by molar-refractivity contribution is 0.0478. The number of nitrogen functional groups attached to an aromatic ring is 1. The highest BCUT2D eigenvalue weighted by molar-refractivity contribution is 7.09. The number of nitrogens with two attached hydrogens (primary N) is 1. The second-order valence-electron chi connectivity index (χ2n) is 3.75. The number of hydrogen-bond donors (Lipinski definition) is 1. The minimum atomic E-state index is -0.375. The zero-order valence-electron chi connectivity index (χ0n) is 9.47. The summed E-state index contributed by atoms with van der Waals surface area (Å²) in [6.45, 7) is 2.21. The summed E-state index contributed by atoms with van der Waals surface area (Å²) in [4.78, 5) is 12.8. The van der Waals surface area contributed by atoms with E-state index < -0.39 is 0 Å². The van der Waals surface area contributed by atoms with E-state index in [9.17, 15) is 4.79 Å². The maximum Gasteiger partial charge on any atom is 0.340 e. The van der Waals surface area contributed by atoms with Crippen molar-refractivity contribution in [2.24, 2.45) is 0 Å². The molecule has 3 nitrogen and oxygen atoms in total. The standard InChI is InChI=1S/C13H13NO2S/c1-9-4-5-12(14)11(7-9)13(15)16-8-10-3-2-6-17-10/h2-7H,8,14H2,1H3. The first-order valence-corrected chi connectivity index (χ1v) is 6.10. The molecular weight excluding hydrogens is 234 g/mol.